The van der Waals surface area contributed by atoms with Crippen LogP contribution in [0.3, 0.4) is 0 Å². The Labute approximate surface area is 87.7 Å². The predicted octanol–water partition coefficient (Wildman–Crippen LogP) is 3.07. The van der Waals surface area contributed by atoms with Gasteiger partial charge in [0.1, 0.15) is 0 Å². The predicted molar refractivity (Wildman–Crippen MR) is 50.8 cm³/mol. The minimum absolute atomic E-state index is 0.131. The van der Waals surface area contributed by atoms with Crippen molar-refractivity contribution < 1.29 is 18.7 Å². The summed E-state index contributed by atoms with van der Waals surface area (Å²) in [5, 5.41) is 9.29. The quantitative estimate of drug-likeness (QED) is 0.773. The molecule has 2 aliphatic rings. The van der Waals surface area contributed by atoms with E-state index in [0.717, 1.165) is 12.8 Å². The van der Waals surface area contributed by atoms with Crippen LogP contribution in [-0.4, -0.2) is 17.0 Å². The highest BCUT2D eigenvalue weighted by molar-refractivity contribution is 5.76. The zero-order chi connectivity index (χ0) is 11.3. The van der Waals surface area contributed by atoms with E-state index in [4.69, 9.17) is 0 Å². The SMILES string of the molecule is CC1(C2(C(=O)O)CCC(F)(F)CC2)CC1. The van der Waals surface area contributed by atoms with Crippen LogP contribution in [0.1, 0.15) is 45.4 Å². The molecule has 86 valence electrons. The first kappa shape index (κ1) is 10.8. The van der Waals surface area contributed by atoms with Crippen molar-refractivity contribution in [2.24, 2.45) is 10.8 Å². The molecule has 15 heavy (non-hydrogen) atoms. The molecule has 2 fully saturated rings. The highest BCUT2D eigenvalue weighted by atomic mass is 19.3. The second kappa shape index (κ2) is 2.92. The normalized spacial score (nSPS) is 30.9. The highest BCUT2D eigenvalue weighted by Gasteiger charge is 2.62. The third-order valence-corrected chi connectivity index (χ3v) is 4.40. The first-order valence-corrected chi connectivity index (χ1v) is 5.43. The van der Waals surface area contributed by atoms with Crippen molar-refractivity contribution in [1.82, 2.24) is 0 Å². The van der Waals surface area contributed by atoms with E-state index in [9.17, 15) is 18.7 Å². The minimum atomic E-state index is -2.65. The van der Waals surface area contributed by atoms with Crippen molar-refractivity contribution in [2.75, 3.05) is 0 Å². The Morgan fingerprint density at radius 2 is 1.53 bits per heavy atom. The molecule has 2 rings (SSSR count). The molecular formula is C11H16F2O2. The largest absolute Gasteiger partial charge is 0.481 e. The summed E-state index contributed by atoms with van der Waals surface area (Å²) in [6.07, 6.45) is 1.46. The second-order valence-corrected chi connectivity index (χ2v) is 5.30. The first-order chi connectivity index (χ1) is 6.81. The molecule has 2 saturated carbocycles. The van der Waals surface area contributed by atoms with Crippen molar-refractivity contribution in [3.8, 4) is 0 Å². The fourth-order valence-electron chi connectivity index (χ4n) is 2.78. The maximum absolute atomic E-state index is 13.0. The van der Waals surface area contributed by atoms with Gasteiger partial charge >= 0.3 is 5.97 Å². The standard InChI is InChI=1S/C11H16F2O2/c1-9(2-3-9)10(8(14)15)4-6-11(12,13)7-5-10/h2-7H2,1H3,(H,14,15). The van der Waals surface area contributed by atoms with Gasteiger partial charge in [-0.3, -0.25) is 4.79 Å². The summed E-state index contributed by atoms with van der Waals surface area (Å²) < 4.78 is 26.1. The summed E-state index contributed by atoms with van der Waals surface area (Å²) in [6.45, 7) is 1.92. The Balaban J connectivity index is 2.20. The molecule has 0 bridgehead atoms. The van der Waals surface area contributed by atoms with E-state index in [1.807, 2.05) is 6.92 Å². The van der Waals surface area contributed by atoms with Crippen LogP contribution < -0.4 is 0 Å². The van der Waals surface area contributed by atoms with Gasteiger partial charge in [0.25, 0.3) is 0 Å². The van der Waals surface area contributed by atoms with Crippen LogP contribution in [0.15, 0.2) is 0 Å². The summed E-state index contributed by atoms with van der Waals surface area (Å²) in [7, 11) is 0. The van der Waals surface area contributed by atoms with E-state index >= 15 is 0 Å². The van der Waals surface area contributed by atoms with Gasteiger partial charge in [-0.05, 0) is 31.1 Å². The van der Waals surface area contributed by atoms with Crippen molar-refractivity contribution in [1.29, 1.82) is 0 Å². The van der Waals surface area contributed by atoms with Crippen LogP contribution in [0.5, 0.6) is 0 Å². The molecule has 0 aliphatic heterocycles. The van der Waals surface area contributed by atoms with E-state index < -0.39 is 17.3 Å². The van der Waals surface area contributed by atoms with E-state index in [1.165, 1.54) is 0 Å². The van der Waals surface area contributed by atoms with Crippen LogP contribution >= 0.6 is 0 Å². The Hall–Kier alpha value is -0.670. The van der Waals surface area contributed by atoms with Crippen molar-refractivity contribution in [3.63, 3.8) is 0 Å². The van der Waals surface area contributed by atoms with Gasteiger partial charge in [0.05, 0.1) is 5.41 Å². The van der Waals surface area contributed by atoms with Crippen LogP contribution in [0.25, 0.3) is 0 Å². The molecular weight excluding hydrogens is 202 g/mol. The summed E-state index contributed by atoms with van der Waals surface area (Å²) in [4.78, 5) is 11.3. The fourth-order valence-corrected chi connectivity index (χ4v) is 2.78. The topological polar surface area (TPSA) is 37.3 Å². The van der Waals surface area contributed by atoms with E-state index in [0.29, 0.717) is 0 Å². The molecule has 0 unspecified atom stereocenters. The number of carboxylic acids is 1. The van der Waals surface area contributed by atoms with Crippen LogP contribution in [0.2, 0.25) is 0 Å². The number of halogens is 2. The summed E-state index contributed by atoms with van der Waals surface area (Å²) in [5.74, 6) is -3.53. The van der Waals surface area contributed by atoms with Crippen LogP contribution in [0.4, 0.5) is 8.78 Å². The number of carboxylic acid groups (broad SMARTS) is 1. The lowest BCUT2D eigenvalue weighted by Gasteiger charge is -2.41. The fraction of sp³-hybridized carbons (Fsp3) is 0.909. The molecule has 0 aromatic carbocycles. The maximum Gasteiger partial charge on any atom is 0.310 e. The number of aliphatic carboxylic acids is 1. The molecule has 4 heteroatoms. The summed E-state index contributed by atoms with van der Waals surface area (Å²) in [5.41, 5.74) is -1.11. The van der Waals surface area contributed by atoms with Gasteiger partial charge < -0.3 is 5.11 Å². The van der Waals surface area contributed by atoms with Gasteiger partial charge in [0, 0.05) is 12.8 Å². The Morgan fingerprint density at radius 3 is 1.87 bits per heavy atom. The third kappa shape index (κ3) is 1.54. The zero-order valence-corrected chi connectivity index (χ0v) is 8.85. The molecule has 2 nitrogen and oxygen atoms in total. The van der Waals surface area contributed by atoms with Gasteiger partial charge in [0.2, 0.25) is 5.92 Å². The number of hydrogen-bond donors (Lipinski definition) is 1. The van der Waals surface area contributed by atoms with Crippen LogP contribution in [0, 0.1) is 10.8 Å². The average molecular weight is 218 g/mol. The molecule has 2 aliphatic carbocycles. The lowest BCUT2D eigenvalue weighted by atomic mass is 9.63. The lowest BCUT2D eigenvalue weighted by Crippen LogP contribution is -2.44. The maximum atomic E-state index is 13.0. The number of hydrogen-bond acceptors (Lipinski definition) is 1. The number of alkyl halides is 2. The monoisotopic (exact) mass is 218 g/mol. The smallest absolute Gasteiger partial charge is 0.310 e. The molecule has 0 aromatic rings. The molecule has 0 atom stereocenters. The lowest BCUT2D eigenvalue weighted by molar-refractivity contribution is -0.163. The Morgan fingerprint density at radius 1 is 1.07 bits per heavy atom. The third-order valence-electron chi connectivity index (χ3n) is 4.40. The summed E-state index contributed by atoms with van der Waals surface area (Å²) in [6, 6.07) is 0. The van der Waals surface area contributed by atoms with E-state index in [2.05, 4.69) is 0 Å². The first-order valence-electron chi connectivity index (χ1n) is 5.43. The van der Waals surface area contributed by atoms with Gasteiger partial charge in [-0.2, -0.15) is 0 Å². The Bertz CT molecular complexity index is 285. The molecule has 0 spiro atoms. The highest BCUT2D eigenvalue weighted by Crippen LogP contribution is 2.64. The van der Waals surface area contributed by atoms with Gasteiger partial charge in [-0.25, -0.2) is 8.78 Å². The second-order valence-electron chi connectivity index (χ2n) is 5.30. The molecule has 0 saturated heterocycles. The number of carbonyl (C=O) groups is 1. The molecule has 1 N–H and O–H groups in total. The average Bonchev–Trinajstić information content (AvgIpc) is 2.84. The van der Waals surface area contributed by atoms with Crippen molar-refractivity contribution in [2.45, 2.75) is 51.4 Å². The minimum Gasteiger partial charge on any atom is -0.481 e. The van der Waals surface area contributed by atoms with E-state index in [1.54, 1.807) is 0 Å². The molecule has 0 radical (unpaired) electrons. The summed E-state index contributed by atoms with van der Waals surface area (Å²) >= 11 is 0. The van der Waals surface area contributed by atoms with Crippen molar-refractivity contribution in [3.05, 3.63) is 0 Å². The van der Waals surface area contributed by atoms with Gasteiger partial charge in [-0.1, -0.05) is 6.92 Å². The van der Waals surface area contributed by atoms with Gasteiger partial charge in [0.15, 0.2) is 0 Å². The van der Waals surface area contributed by atoms with Crippen LogP contribution in [-0.2, 0) is 4.79 Å². The zero-order valence-electron chi connectivity index (χ0n) is 8.85. The van der Waals surface area contributed by atoms with Crippen molar-refractivity contribution >= 4 is 5.97 Å². The van der Waals surface area contributed by atoms with E-state index in [-0.39, 0.29) is 31.1 Å². The molecule has 0 aromatic heterocycles. The molecule has 0 heterocycles. The van der Waals surface area contributed by atoms with Gasteiger partial charge in [-0.15, -0.1) is 0 Å². The Kier molecular flexibility index (Phi) is 2.11. The molecule has 0 amide bonds. The number of rotatable bonds is 2.